The van der Waals surface area contributed by atoms with E-state index >= 15 is 0 Å². The maximum Gasteiger partial charge on any atom is 0.136 e. The number of nitrogens with one attached hydrogen (secondary N) is 1. The Bertz CT molecular complexity index is 651. The normalized spacial score (nSPS) is 11.7. The molecular weight excluding hydrogens is 280 g/mol. The van der Waals surface area contributed by atoms with Crippen molar-refractivity contribution in [1.82, 2.24) is 4.98 Å². The maximum atomic E-state index is 13.8. The minimum Gasteiger partial charge on any atom is -0.383 e. The summed E-state index contributed by atoms with van der Waals surface area (Å²) in [5.74, 6) is -1.49. The summed E-state index contributed by atoms with van der Waals surface area (Å²) in [6.07, 6.45) is 0. The molecular formula is C14H15F2N3S. The summed E-state index contributed by atoms with van der Waals surface area (Å²) in [5, 5.41) is 7.80. The minimum absolute atomic E-state index is 0.143. The average molecular weight is 295 g/mol. The predicted molar refractivity (Wildman–Crippen MR) is 77.2 cm³/mol. The second-order valence-corrected chi connectivity index (χ2v) is 6.46. The summed E-state index contributed by atoms with van der Waals surface area (Å²) in [4.78, 5) is 4.77. The molecule has 0 aliphatic rings. The van der Waals surface area contributed by atoms with Crippen LogP contribution in [0.25, 0.3) is 10.6 Å². The van der Waals surface area contributed by atoms with E-state index in [4.69, 9.17) is 11.1 Å². The molecule has 0 fully saturated rings. The Balaban J connectivity index is 2.69. The molecule has 0 atom stereocenters. The van der Waals surface area contributed by atoms with Crippen LogP contribution in [-0.2, 0) is 5.41 Å². The van der Waals surface area contributed by atoms with E-state index in [0.717, 1.165) is 11.3 Å². The van der Waals surface area contributed by atoms with Gasteiger partial charge < -0.3 is 5.73 Å². The first-order valence-electron chi connectivity index (χ1n) is 6.02. The van der Waals surface area contributed by atoms with Gasteiger partial charge in [-0.25, -0.2) is 13.8 Å². The lowest BCUT2D eigenvalue weighted by atomic mass is 9.91. The van der Waals surface area contributed by atoms with Crippen molar-refractivity contribution in [3.8, 4) is 10.6 Å². The Hall–Kier alpha value is -1.82. The molecule has 2 aromatic rings. The summed E-state index contributed by atoms with van der Waals surface area (Å²) in [6, 6.07) is 3.67. The number of aromatic nitrogens is 1. The molecule has 2 rings (SSSR count). The number of amidine groups is 1. The van der Waals surface area contributed by atoms with Gasteiger partial charge in [-0.05, 0) is 12.1 Å². The number of hydrogen-bond donors (Lipinski definition) is 2. The number of halogens is 2. The van der Waals surface area contributed by atoms with Gasteiger partial charge in [0.1, 0.15) is 22.5 Å². The molecule has 20 heavy (non-hydrogen) atoms. The van der Waals surface area contributed by atoms with Crippen LogP contribution in [0.3, 0.4) is 0 Å². The molecule has 0 amide bonds. The molecule has 0 aliphatic heterocycles. The van der Waals surface area contributed by atoms with E-state index in [9.17, 15) is 8.78 Å². The molecule has 3 N–H and O–H groups in total. The smallest absolute Gasteiger partial charge is 0.136 e. The maximum absolute atomic E-state index is 13.8. The number of hydrogen-bond acceptors (Lipinski definition) is 3. The highest BCUT2D eigenvalue weighted by Crippen LogP contribution is 2.36. The highest BCUT2D eigenvalue weighted by molar-refractivity contribution is 7.17. The fourth-order valence-electron chi connectivity index (χ4n) is 1.82. The summed E-state index contributed by atoms with van der Waals surface area (Å²) < 4.78 is 27.6. The van der Waals surface area contributed by atoms with Crippen LogP contribution >= 0.6 is 11.3 Å². The highest BCUT2D eigenvalue weighted by Gasteiger charge is 2.26. The van der Waals surface area contributed by atoms with E-state index in [1.54, 1.807) is 0 Å². The molecule has 1 aromatic heterocycles. The van der Waals surface area contributed by atoms with Crippen molar-refractivity contribution in [2.24, 2.45) is 5.73 Å². The Morgan fingerprint density at radius 1 is 1.25 bits per heavy atom. The topological polar surface area (TPSA) is 62.8 Å². The molecule has 0 spiro atoms. The third-order valence-corrected chi connectivity index (χ3v) is 3.86. The van der Waals surface area contributed by atoms with E-state index in [2.05, 4.69) is 4.98 Å². The van der Waals surface area contributed by atoms with Gasteiger partial charge in [0, 0.05) is 5.41 Å². The van der Waals surface area contributed by atoms with Crippen LogP contribution in [0.5, 0.6) is 0 Å². The molecule has 3 nitrogen and oxygen atoms in total. The fraction of sp³-hybridized carbons (Fsp3) is 0.286. The first kappa shape index (κ1) is 14.6. The third-order valence-electron chi connectivity index (χ3n) is 2.76. The van der Waals surface area contributed by atoms with Crippen LogP contribution in [0.1, 0.15) is 31.3 Å². The van der Waals surface area contributed by atoms with Gasteiger partial charge in [0.25, 0.3) is 0 Å². The standard InChI is InChI=1S/C14H15F2N3S/c1-14(2,3)11-10(12(17)18)20-13(19-11)9-7(15)5-4-6-8(9)16/h4-6H,1-3H3,(H3,17,18). The zero-order valence-corrected chi connectivity index (χ0v) is 12.2. The van der Waals surface area contributed by atoms with E-state index in [1.165, 1.54) is 18.2 Å². The number of rotatable bonds is 2. The van der Waals surface area contributed by atoms with E-state index in [1.807, 2.05) is 20.8 Å². The zero-order chi connectivity index (χ0) is 15.1. The van der Waals surface area contributed by atoms with Crippen LogP contribution in [0.4, 0.5) is 8.78 Å². The van der Waals surface area contributed by atoms with Crippen molar-refractivity contribution in [1.29, 1.82) is 5.41 Å². The molecule has 1 heterocycles. The van der Waals surface area contributed by atoms with Gasteiger partial charge in [-0.15, -0.1) is 11.3 Å². The second-order valence-electron chi connectivity index (χ2n) is 5.46. The number of nitrogens with zero attached hydrogens (tertiary/aromatic N) is 1. The van der Waals surface area contributed by atoms with Crippen LogP contribution in [0, 0.1) is 17.0 Å². The summed E-state index contributed by atoms with van der Waals surface area (Å²) in [5.41, 5.74) is 5.59. The van der Waals surface area contributed by atoms with Crippen LogP contribution in [-0.4, -0.2) is 10.8 Å². The third kappa shape index (κ3) is 2.56. The quantitative estimate of drug-likeness (QED) is 0.656. The summed E-state index contributed by atoms with van der Waals surface area (Å²) in [6.45, 7) is 5.74. The zero-order valence-electron chi connectivity index (χ0n) is 11.4. The summed E-state index contributed by atoms with van der Waals surface area (Å²) in [7, 11) is 0. The number of nitrogen functional groups attached to an aromatic ring is 1. The number of nitrogens with two attached hydrogens (primary N) is 1. The van der Waals surface area contributed by atoms with Gasteiger partial charge in [0.05, 0.1) is 16.1 Å². The van der Waals surface area contributed by atoms with E-state index < -0.39 is 11.6 Å². The first-order chi connectivity index (χ1) is 9.21. The first-order valence-corrected chi connectivity index (χ1v) is 6.83. The molecule has 0 radical (unpaired) electrons. The SMILES string of the molecule is CC(C)(C)c1nc(-c2c(F)cccc2F)sc1C(=N)N. The fourth-order valence-corrected chi connectivity index (χ4v) is 3.01. The number of benzene rings is 1. The van der Waals surface area contributed by atoms with Crippen molar-refractivity contribution in [2.75, 3.05) is 0 Å². The van der Waals surface area contributed by atoms with Gasteiger partial charge in [0.2, 0.25) is 0 Å². The molecule has 0 aliphatic carbocycles. The second kappa shape index (κ2) is 4.94. The van der Waals surface area contributed by atoms with Crippen molar-refractivity contribution in [2.45, 2.75) is 26.2 Å². The number of thiazole rings is 1. The van der Waals surface area contributed by atoms with Gasteiger partial charge in [-0.3, -0.25) is 5.41 Å². The average Bonchev–Trinajstić information content (AvgIpc) is 2.73. The molecule has 0 unspecified atom stereocenters. The lowest BCUT2D eigenvalue weighted by molar-refractivity contribution is 0.569. The van der Waals surface area contributed by atoms with Crippen LogP contribution in [0.15, 0.2) is 18.2 Å². The van der Waals surface area contributed by atoms with Crippen LogP contribution < -0.4 is 5.73 Å². The van der Waals surface area contributed by atoms with Crippen LogP contribution in [0.2, 0.25) is 0 Å². The lowest BCUT2D eigenvalue weighted by Crippen LogP contribution is -2.19. The van der Waals surface area contributed by atoms with Crippen molar-refractivity contribution in [3.63, 3.8) is 0 Å². The Morgan fingerprint density at radius 3 is 2.20 bits per heavy atom. The Kier molecular flexibility index (Phi) is 3.60. The largest absolute Gasteiger partial charge is 0.383 e. The molecule has 106 valence electrons. The van der Waals surface area contributed by atoms with E-state index in [-0.39, 0.29) is 21.8 Å². The molecule has 0 bridgehead atoms. The van der Waals surface area contributed by atoms with Crippen molar-refractivity contribution >= 4 is 17.2 Å². The molecule has 6 heteroatoms. The van der Waals surface area contributed by atoms with E-state index in [0.29, 0.717) is 10.6 Å². The van der Waals surface area contributed by atoms with Gasteiger partial charge in [0.15, 0.2) is 0 Å². The Labute approximate surface area is 120 Å². The highest BCUT2D eigenvalue weighted by atomic mass is 32.1. The lowest BCUT2D eigenvalue weighted by Gasteiger charge is -2.16. The molecule has 0 saturated heterocycles. The van der Waals surface area contributed by atoms with Crippen molar-refractivity contribution < 1.29 is 8.78 Å². The molecule has 0 saturated carbocycles. The summed E-state index contributed by atoms with van der Waals surface area (Å²) >= 11 is 1.04. The van der Waals surface area contributed by atoms with Gasteiger partial charge in [-0.1, -0.05) is 26.8 Å². The Morgan fingerprint density at radius 2 is 1.80 bits per heavy atom. The molecule has 1 aromatic carbocycles. The van der Waals surface area contributed by atoms with Gasteiger partial charge >= 0.3 is 0 Å². The van der Waals surface area contributed by atoms with Crippen molar-refractivity contribution in [3.05, 3.63) is 40.4 Å². The minimum atomic E-state index is -0.672. The van der Waals surface area contributed by atoms with Gasteiger partial charge in [-0.2, -0.15) is 0 Å². The predicted octanol–water partition coefficient (Wildman–Crippen LogP) is 3.67. The monoisotopic (exact) mass is 295 g/mol.